The van der Waals surface area contributed by atoms with E-state index >= 15 is 0 Å². The highest BCUT2D eigenvalue weighted by Crippen LogP contribution is 2.34. The number of hydrogen-bond donors (Lipinski definition) is 2. The summed E-state index contributed by atoms with van der Waals surface area (Å²) in [4.78, 5) is 23.7. The summed E-state index contributed by atoms with van der Waals surface area (Å²) >= 11 is 6.11. The number of rotatable bonds is 3. The molecule has 2 aliphatic heterocycles. The maximum absolute atomic E-state index is 12.2. The molecule has 3 aromatic rings. The molecule has 32 heavy (non-hydrogen) atoms. The fourth-order valence-corrected chi connectivity index (χ4v) is 4.16. The molecule has 7 heteroatoms. The summed E-state index contributed by atoms with van der Waals surface area (Å²) in [7, 11) is 0. The van der Waals surface area contributed by atoms with Crippen LogP contribution in [0.3, 0.4) is 0 Å². The quantitative estimate of drug-likeness (QED) is 0.584. The minimum Gasteiger partial charge on any atom is -0.325 e. The lowest BCUT2D eigenvalue weighted by Crippen LogP contribution is -2.18. The first-order chi connectivity index (χ1) is 15.6. The number of fused-ring (bicyclic) bond motifs is 3. The Hall–Kier alpha value is -3.40. The summed E-state index contributed by atoms with van der Waals surface area (Å²) in [6.45, 7) is 3.13. The number of hydrogen-bond acceptors (Lipinski definition) is 5. The number of benzene rings is 2. The highest BCUT2D eigenvalue weighted by molar-refractivity contribution is 6.31. The highest BCUT2D eigenvalue weighted by atomic mass is 35.5. The van der Waals surface area contributed by atoms with Gasteiger partial charge in [-0.15, -0.1) is 0 Å². The fraction of sp³-hybridized carbons (Fsp3) is 0.240. The Labute approximate surface area is 192 Å². The van der Waals surface area contributed by atoms with Crippen LogP contribution < -0.4 is 10.6 Å². The fourth-order valence-electron chi connectivity index (χ4n) is 3.98. The Morgan fingerprint density at radius 1 is 1.12 bits per heavy atom. The predicted molar refractivity (Wildman–Crippen MR) is 127 cm³/mol. The van der Waals surface area contributed by atoms with Gasteiger partial charge in [0.1, 0.15) is 0 Å². The summed E-state index contributed by atoms with van der Waals surface area (Å²) in [5, 5.41) is 6.70. The average Bonchev–Trinajstić information content (AvgIpc) is 3.25. The molecule has 2 N–H and O–H groups in total. The second-order valence-electron chi connectivity index (χ2n) is 7.97. The van der Waals surface area contributed by atoms with Crippen molar-refractivity contribution in [3.05, 3.63) is 64.8 Å². The predicted octanol–water partition coefficient (Wildman–Crippen LogP) is 4.48. The van der Waals surface area contributed by atoms with Gasteiger partial charge in [-0.05, 0) is 68.4 Å². The molecule has 0 spiro atoms. The Balaban J connectivity index is 1.34. The smallest absolute Gasteiger partial charge is 0.228 e. The second-order valence-corrected chi connectivity index (χ2v) is 8.41. The summed E-state index contributed by atoms with van der Waals surface area (Å²) in [5.74, 6) is 6.84. The Morgan fingerprint density at radius 3 is 2.75 bits per heavy atom. The lowest BCUT2D eigenvalue weighted by atomic mass is 10.1. The first kappa shape index (κ1) is 20.5. The number of likely N-dealkylation sites (tertiary alicyclic amines) is 1. The molecule has 1 saturated heterocycles. The van der Waals surface area contributed by atoms with Crippen LogP contribution in [0.2, 0.25) is 5.02 Å². The zero-order valence-electron chi connectivity index (χ0n) is 17.5. The molecule has 0 unspecified atom stereocenters. The maximum atomic E-state index is 12.2. The van der Waals surface area contributed by atoms with E-state index in [4.69, 9.17) is 16.6 Å². The zero-order chi connectivity index (χ0) is 21.9. The first-order valence-corrected chi connectivity index (χ1v) is 11.1. The molecule has 5 rings (SSSR count). The minimum atomic E-state index is -0.113. The van der Waals surface area contributed by atoms with Crippen molar-refractivity contribution in [1.82, 2.24) is 14.9 Å². The molecular weight excluding hydrogens is 422 g/mol. The summed E-state index contributed by atoms with van der Waals surface area (Å²) in [6, 6.07) is 13.3. The van der Waals surface area contributed by atoms with Crippen LogP contribution in [-0.4, -0.2) is 40.4 Å². The van der Waals surface area contributed by atoms with Crippen molar-refractivity contribution in [3.63, 3.8) is 0 Å². The monoisotopic (exact) mass is 443 g/mol. The van der Waals surface area contributed by atoms with Crippen molar-refractivity contribution in [2.45, 2.75) is 19.3 Å². The lowest BCUT2D eigenvalue weighted by Gasteiger charge is -2.11. The van der Waals surface area contributed by atoms with Gasteiger partial charge >= 0.3 is 0 Å². The van der Waals surface area contributed by atoms with Gasteiger partial charge in [0.25, 0.3) is 0 Å². The van der Waals surface area contributed by atoms with Gasteiger partial charge in [0.05, 0.1) is 24.3 Å². The topological polar surface area (TPSA) is 70.2 Å². The molecule has 0 aliphatic carbocycles. The standard InChI is InChI=1S/C25H22ClN5O/c26-19-7-10-21-22(15-19)29-23(32)14-18-16-27-25(30-24(18)21)28-20-8-5-17(6-9-20)4-3-13-31-11-1-2-12-31/h5-10,15-16H,1-2,11-14H2,(H,29,32)(H,27,28,30). The number of carbonyl (C=O) groups is 1. The molecule has 3 heterocycles. The van der Waals surface area contributed by atoms with Crippen molar-refractivity contribution < 1.29 is 4.79 Å². The van der Waals surface area contributed by atoms with Crippen molar-refractivity contribution in [2.24, 2.45) is 0 Å². The van der Waals surface area contributed by atoms with Crippen LogP contribution in [0.1, 0.15) is 24.0 Å². The van der Waals surface area contributed by atoms with Crippen molar-refractivity contribution in [3.8, 4) is 23.1 Å². The molecule has 0 saturated carbocycles. The molecule has 2 aliphatic rings. The first-order valence-electron chi connectivity index (χ1n) is 10.7. The van der Waals surface area contributed by atoms with Crippen molar-refractivity contribution in [1.29, 1.82) is 0 Å². The van der Waals surface area contributed by atoms with Gasteiger partial charge in [0.2, 0.25) is 11.9 Å². The Morgan fingerprint density at radius 2 is 1.94 bits per heavy atom. The Bertz CT molecular complexity index is 1220. The van der Waals surface area contributed by atoms with E-state index in [9.17, 15) is 4.79 Å². The van der Waals surface area contributed by atoms with E-state index < -0.39 is 0 Å². The van der Waals surface area contributed by atoms with Crippen LogP contribution in [0.25, 0.3) is 11.3 Å². The molecule has 1 fully saturated rings. The third kappa shape index (κ3) is 4.59. The van der Waals surface area contributed by atoms with E-state index in [1.807, 2.05) is 30.3 Å². The molecule has 1 amide bonds. The maximum Gasteiger partial charge on any atom is 0.228 e. The normalized spacial score (nSPS) is 15.1. The lowest BCUT2D eigenvalue weighted by molar-refractivity contribution is -0.115. The van der Waals surface area contributed by atoms with Crippen LogP contribution in [0.15, 0.2) is 48.7 Å². The largest absolute Gasteiger partial charge is 0.325 e. The third-order valence-corrected chi connectivity index (χ3v) is 5.84. The van der Waals surface area contributed by atoms with Gasteiger partial charge in [-0.25, -0.2) is 9.97 Å². The van der Waals surface area contributed by atoms with E-state index in [0.29, 0.717) is 16.7 Å². The summed E-state index contributed by atoms with van der Waals surface area (Å²) < 4.78 is 0. The minimum absolute atomic E-state index is 0.113. The number of anilines is 3. The second kappa shape index (κ2) is 8.99. The average molecular weight is 444 g/mol. The van der Waals surface area contributed by atoms with Gasteiger partial charge in [-0.2, -0.15) is 0 Å². The molecule has 160 valence electrons. The molecule has 0 atom stereocenters. The molecule has 1 aromatic heterocycles. The van der Waals surface area contributed by atoms with Gasteiger partial charge in [-0.1, -0.05) is 23.4 Å². The Kier molecular flexibility index (Phi) is 5.76. The van der Waals surface area contributed by atoms with Crippen LogP contribution in [0.4, 0.5) is 17.3 Å². The molecular formula is C25H22ClN5O. The zero-order valence-corrected chi connectivity index (χ0v) is 18.2. The van der Waals surface area contributed by atoms with E-state index in [-0.39, 0.29) is 12.3 Å². The highest BCUT2D eigenvalue weighted by Gasteiger charge is 2.21. The van der Waals surface area contributed by atoms with E-state index in [2.05, 4.69) is 32.4 Å². The van der Waals surface area contributed by atoms with Crippen LogP contribution in [0, 0.1) is 11.8 Å². The van der Waals surface area contributed by atoms with E-state index in [1.165, 1.54) is 12.8 Å². The SMILES string of the molecule is O=C1Cc2cnc(Nc3ccc(C#CCN4CCCC4)cc3)nc2-c2ccc(Cl)cc2N1. The number of carbonyl (C=O) groups excluding carboxylic acids is 1. The van der Waals surface area contributed by atoms with Crippen LogP contribution >= 0.6 is 11.6 Å². The van der Waals surface area contributed by atoms with Gasteiger partial charge in [0.15, 0.2) is 0 Å². The number of amides is 1. The third-order valence-electron chi connectivity index (χ3n) is 5.60. The van der Waals surface area contributed by atoms with Crippen molar-refractivity contribution in [2.75, 3.05) is 30.3 Å². The number of nitrogens with one attached hydrogen (secondary N) is 2. The molecule has 6 nitrogen and oxygen atoms in total. The number of aromatic nitrogens is 2. The summed E-state index contributed by atoms with van der Waals surface area (Å²) in [5.41, 5.74) is 4.82. The van der Waals surface area contributed by atoms with Gasteiger partial charge in [-0.3, -0.25) is 9.69 Å². The van der Waals surface area contributed by atoms with Gasteiger partial charge in [0, 0.05) is 33.6 Å². The van der Waals surface area contributed by atoms with Crippen molar-refractivity contribution >= 4 is 34.8 Å². The number of nitrogens with zero attached hydrogens (tertiary/aromatic N) is 3. The molecule has 0 bridgehead atoms. The van der Waals surface area contributed by atoms with Gasteiger partial charge < -0.3 is 10.6 Å². The van der Waals surface area contributed by atoms with E-state index in [1.54, 1.807) is 18.3 Å². The molecule has 2 aromatic carbocycles. The molecule has 0 radical (unpaired) electrons. The number of halogens is 1. The van der Waals surface area contributed by atoms with Crippen LogP contribution in [-0.2, 0) is 11.2 Å². The van der Waals surface area contributed by atoms with Crippen LogP contribution in [0.5, 0.6) is 0 Å². The van der Waals surface area contributed by atoms with E-state index in [0.717, 1.165) is 47.7 Å². The summed E-state index contributed by atoms with van der Waals surface area (Å²) in [6.07, 6.45) is 4.47.